The number of nitrogens with two attached hydrogens (primary N) is 1. The molecule has 1 aliphatic carbocycles. The molecule has 1 aliphatic rings. The van der Waals surface area contributed by atoms with Gasteiger partial charge < -0.3 is 11.1 Å². The van der Waals surface area contributed by atoms with Gasteiger partial charge in [0.1, 0.15) is 17.5 Å². The van der Waals surface area contributed by atoms with Crippen molar-refractivity contribution in [2.24, 2.45) is 5.92 Å². The molecule has 1 saturated carbocycles. The van der Waals surface area contributed by atoms with Crippen LogP contribution in [0, 0.1) is 5.92 Å². The Morgan fingerprint density at radius 1 is 1.33 bits per heavy atom. The van der Waals surface area contributed by atoms with Crippen LogP contribution >= 0.6 is 0 Å². The molecule has 2 rings (SSSR count). The van der Waals surface area contributed by atoms with Crippen molar-refractivity contribution in [1.29, 1.82) is 0 Å². The third-order valence-corrected chi connectivity index (χ3v) is 3.21. The van der Waals surface area contributed by atoms with Gasteiger partial charge >= 0.3 is 0 Å². The second-order valence-corrected chi connectivity index (χ2v) is 6.26. The van der Waals surface area contributed by atoms with Crippen molar-refractivity contribution in [1.82, 2.24) is 9.97 Å². The number of hydrogen-bond donors (Lipinski definition) is 2. The second kappa shape index (κ2) is 5.12. The zero-order valence-electron chi connectivity index (χ0n) is 11.7. The summed E-state index contributed by atoms with van der Waals surface area (Å²) in [4.78, 5) is 8.83. The molecule has 4 nitrogen and oxygen atoms in total. The van der Waals surface area contributed by atoms with Gasteiger partial charge in [0, 0.05) is 18.0 Å². The van der Waals surface area contributed by atoms with E-state index in [4.69, 9.17) is 5.73 Å². The molecule has 1 aromatic heterocycles. The van der Waals surface area contributed by atoms with Crippen LogP contribution in [0.15, 0.2) is 6.07 Å². The van der Waals surface area contributed by atoms with Gasteiger partial charge in [-0.25, -0.2) is 9.97 Å². The van der Waals surface area contributed by atoms with Crippen molar-refractivity contribution in [3.8, 4) is 0 Å². The van der Waals surface area contributed by atoms with Gasteiger partial charge in [-0.1, -0.05) is 33.6 Å². The number of anilines is 2. The molecule has 100 valence electrons. The molecule has 0 aliphatic heterocycles. The number of nitrogens with zero attached hydrogens (tertiary/aromatic N) is 2. The van der Waals surface area contributed by atoms with Crippen LogP contribution in [0.1, 0.15) is 52.3 Å². The normalized spacial score (nSPS) is 15.7. The van der Waals surface area contributed by atoms with E-state index < -0.39 is 0 Å². The van der Waals surface area contributed by atoms with E-state index in [2.05, 4.69) is 36.1 Å². The van der Waals surface area contributed by atoms with Crippen LogP contribution < -0.4 is 11.1 Å². The molecule has 0 radical (unpaired) electrons. The minimum Gasteiger partial charge on any atom is -0.384 e. The predicted molar refractivity (Wildman–Crippen MR) is 75.6 cm³/mol. The highest BCUT2D eigenvalue weighted by atomic mass is 15.1. The van der Waals surface area contributed by atoms with Gasteiger partial charge in [-0.15, -0.1) is 0 Å². The highest BCUT2D eigenvalue weighted by molar-refractivity contribution is 5.45. The first-order valence-corrected chi connectivity index (χ1v) is 6.84. The van der Waals surface area contributed by atoms with E-state index in [1.54, 1.807) is 0 Å². The van der Waals surface area contributed by atoms with Gasteiger partial charge in [0.15, 0.2) is 0 Å². The lowest BCUT2D eigenvalue weighted by atomic mass is 9.96. The zero-order valence-corrected chi connectivity index (χ0v) is 11.7. The van der Waals surface area contributed by atoms with E-state index in [9.17, 15) is 0 Å². The Labute approximate surface area is 109 Å². The topological polar surface area (TPSA) is 63.8 Å². The molecule has 1 heterocycles. The molecule has 0 unspecified atom stereocenters. The third kappa shape index (κ3) is 3.86. The summed E-state index contributed by atoms with van der Waals surface area (Å²) in [5.41, 5.74) is 5.76. The van der Waals surface area contributed by atoms with Crippen molar-refractivity contribution in [3.63, 3.8) is 0 Å². The van der Waals surface area contributed by atoms with Crippen molar-refractivity contribution < 1.29 is 0 Å². The first kappa shape index (κ1) is 13.1. The molecule has 0 saturated heterocycles. The average molecular weight is 248 g/mol. The van der Waals surface area contributed by atoms with Crippen molar-refractivity contribution in [2.75, 3.05) is 17.6 Å². The fourth-order valence-electron chi connectivity index (χ4n) is 1.91. The summed E-state index contributed by atoms with van der Waals surface area (Å²) in [5, 5.41) is 3.35. The number of aromatic nitrogens is 2. The monoisotopic (exact) mass is 248 g/mol. The highest BCUT2D eigenvalue weighted by Crippen LogP contribution is 2.33. The zero-order chi connectivity index (χ0) is 13.2. The maximum Gasteiger partial charge on any atom is 0.138 e. The number of rotatable bonds is 5. The van der Waals surface area contributed by atoms with Gasteiger partial charge in [0.05, 0.1) is 0 Å². The summed E-state index contributed by atoms with van der Waals surface area (Å²) >= 11 is 0. The molecular formula is C14H24N4. The van der Waals surface area contributed by atoms with Crippen LogP contribution in [0.4, 0.5) is 11.6 Å². The van der Waals surface area contributed by atoms with Crippen LogP contribution in [-0.2, 0) is 5.41 Å². The van der Waals surface area contributed by atoms with Crippen LogP contribution in [0.5, 0.6) is 0 Å². The maximum atomic E-state index is 5.83. The Morgan fingerprint density at radius 3 is 2.67 bits per heavy atom. The van der Waals surface area contributed by atoms with Crippen LogP contribution in [0.2, 0.25) is 0 Å². The average Bonchev–Trinajstić information content (AvgIpc) is 3.06. The van der Waals surface area contributed by atoms with Gasteiger partial charge in [0.2, 0.25) is 0 Å². The molecule has 3 N–H and O–H groups in total. The molecule has 0 atom stereocenters. The highest BCUT2D eigenvalue weighted by Gasteiger charge is 2.20. The molecule has 0 spiro atoms. The van der Waals surface area contributed by atoms with E-state index in [0.29, 0.717) is 5.82 Å². The van der Waals surface area contributed by atoms with Crippen LogP contribution in [0.3, 0.4) is 0 Å². The summed E-state index contributed by atoms with van der Waals surface area (Å²) in [5.74, 6) is 3.18. The molecule has 0 aromatic carbocycles. The van der Waals surface area contributed by atoms with E-state index in [0.717, 1.165) is 24.1 Å². The largest absolute Gasteiger partial charge is 0.384 e. The van der Waals surface area contributed by atoms with Crippen LogP contribution in [-0.4, -0.2) is 16.5 Å². The fourth-order valence-corrected chi connectivity index (χ4v) is 1.91. The molecule has 18 heavy (non-hydrogen) atoms. The quantitative estimate of drug-likeness (QED) is 0.786. The standard InChI is InChI=1S/C14H24N4/c1-14(2,3)13-17-11(15)9-12(18-13)16-8-4-5-10-6-7-10/h9-10H,4-8H2,1-3H3,(H3,15,16,17,18). The van der Waals surface area contributed by atoms with Crippen molar-refractivity contribution >= 4 is 11.6 Å². The first-order chi connectivity index (χ1) is 8.45. The summed E-state index contributed by atoms with van der Waals surface area (Å²) in [7, 11) is 0. The molecule has 1 fully saturated rings. The maximum absolute atomic E-state index is 5.83. The van der Waals surface area contributed by atoms with E-state index in [1.807, 2.05) is 6.07 Å². The molecular weight excluding hydrogens is 224 g/mol. The first-order valence-electron chi connectivity index (χ1n) is 6.84. The molecule has 0 amide bonds. The lowest BCUT2D eigenvalue weighted by molar-refractivity contribution is 0.547. The lowest BCUT2D eigenvalue weighted by Crippen LogP contribution is -2.18. The molecule has 0 bridgehead atoms. The van der Waals surface area contributed by atoms with Gasteiger partial charge in [0.25, 0.3) is 0 Å². The minimum atomic E-state index is -0.0696. The van der Waals surface area contributed by atoms with E-state index >= 15 is 0 Å². The molecule has 1 aromatic rings. The summed E-state index contributed by atoms with van der Waals surface area (Å²) in [6, 6.07) is 1.81. The number of nitrogens with one attached hydrogen (secondary N) is 1. The Morgan fingerprint density at radius 2 is 2.06 bits per heavy atom. The van der Waals surface area contributed by atoms with Crippen molar-refractivity contribution in [2.45, 2.75) is 51.9 Å². The predicted octanol–water partition coefficient (Wildman–Crippen LogP) is 2.96. The smallest absolute Gasteiger partial charge is 0.138 e. The van der Waals surface area contributed by atoms with Gasteiger partial charge in [-0.05, 0) is 18.8 Å². The van der Waals surface area contributed by atoms with Gasteiger partial charge in [-0.2, -0.15) is 0 Å². The van der Waals surface area contributed by atoms with E-state index in [-0.39, 0.29) is 5.41 Å². The number of nitrogen functional groups attached to an aromatic ring is 1. The van der Waals surface area contributed by atoms with Crippen molar-refractivity contribution in [3.05, 3.63) is 11.9 Å². The lowest BCUT2D eigenvalue weighted by Gasteiger charge is -2.18. The van der Waals surface area contributed by atoms with E-state index in [1.165, 1.54) is 25.7 Å². The SMILES string of the molecule is CC(C)(C)c1nc(N)cc(NCCCC2CC2)n1. The van der Waals surface area contributed by atoms with Crippen LogP contribution in [0.25, 0.3) is 0 Å². The summed E-state index contributed by atoms with van der Waals surface area (Å²) in [6.07, 6.45) is 5.39. The summed E-state index contributed by atoms with van der Waals surface area (Å²) in [6.45, 7) is 7.26. The Balaban J connectivity index is 1.92. The van der Waals surface area contributed by atoms with Gasteiger partial charge in [-0.3, -0.25) is 0 Å². The Hall–Kier alpha value is -1.32. The molecule has 4 heteroatoms. The minimum absolute atomic E-state index is 0.0696. The number of hydrogen-bond acceptors (Lipinski definition) is 4. The Kier molecular flexibility index (Phi) is 3.73. The Bertz CT molecular complexity index is 405. The second-order valence-electron chi connectivity index (χ2n) is 6.26. The third-order valence-electron chi connectivity index (χ3n) is 3.21. The summed E-state index contributed by atoms with van der Waals surface area (Å²) < 4.78 is 0. The fraction of sp³-hybridized carbons (Fsp3) is 0.714.